The number of rotatable bonds is 4. The number of Topliss-reactive ketones (excluding diaryl/α,β-unsaturated/α-hetero) is 1. The van der Waals surface area contributed by atoms with Crippen LogP contribution >= 0.6 is 0 Å². The van der Waals surface area contributed by atoms with Gasteiger partial charge in [-0.1, -0.05) is 6.92 Å². The molecule has 2 rings (SSSR count). The summed E-state index contributed by atoms with van der Waals surface area (Å²) < 4.78 is 1.83. The van der Waals surface area contributed by atoms with Gasteiger partial charge in [0.05, 0.1) is 0 Å². The fourth-order valence-corrected chi connectivity index (χ4v) is 2.22. The summed E-state index contributed by atoms with van der Waals surface area (Å²) >= 11 is 0. The van der Waals surface area contributed by atoms with Gasteiger partial charge in [0.2, 0.25) is 0 Å². The van der Waals surface area contributed by atoms with Gasteiger partial charge in [0.15, 0.2) is 5.78 Å². The van der Waals surface area contributed by atoms with E-state index in [1.54, 1.807) is 6.20 Å². The van der Waals surface area contributed by atoms with Gasteiger partial charge in [0.1, 0.15) is 5.69 Å². The minimum absolute atomic E-state index is 0.140. The molecule has 1 atom stereocenters. The van der Waals surface area contributed by atoms with Crippen LogP contribution in [0.4, 0.5) is 0 Å². The molecule has 2 heterocycles. The Kier molecular flexibility index (Phi) is 3.72. The van der Waals surface area contributed by atoms with Crippen LogP contribution in [0.25, 0.3) is 0 Å². The molecule has 1 aromatic heterocycles. The predicted octanol–water partition coefficient (Wildman–Crippen LogP) is 1.48. The molecule has 1 aromatic rings. The smallest absolute Gasteiger partial charge is 0.185 e. The monoisotopic (exact) mass is 221 g/mol. The van der Waals surface area contributed by atoms with Crippen molar-refractivity contribution in [3.63, 3.8) is 0 Å². The quantitative estimate of drug-likeness (QED) is 0.783. The highest BCUT2D eigenvalue weighted by Gasteiger charge is 2.24. The SMILES string of the molecule is CCCn1nccc1C(=O)C1CCCNC1. The average Bonchev–Trinajstić information content (AvgIpc) is 2.78. The summed E-state index contributed by atoms with van der Waals surface area (Å²) in [5.41, 5.74) is 0.774. The van der Waals surface area contributed by atoms with Crippen molar-refractivity contribution in [1.29, 1.82) is 0 Å². The van der Waals surface area contributed by atoms with Gasteiger partial charge in [0, 0.05) is 25.2 Å². The van der Waals surface area contributed by atoms with Crippen LogP contribution < -0.4 is 5.32 Å². The minimum Gasteiger partial charge on any atom is -0.316 e. The molecule has 1 fully saturated rings. The molecule has 0 radical (unpaired) electrons. The number of nitrogens with zero attached hydrogens (tertiary/aromatic N) is 2. The number of aromatic nitrogens is 2. The van der Waals surface area contributed by atoms with E-state index in [9.17, 15) is 4.79 Å². The lowest BCUT2D eigenvalue weighted by molar-refractivity contribution is 0.0888. The molecule has 1 saturated heterocycles. The first-order valence-corrected chi connectivity index (χ1v) is 6.09. The van der Waals surface area contributed by atoms with Gasteiger partial charge in [0.25, 0.3) is 0 Å². The zero-order valence-corrected chi connectivity index (χ0v) is 9.78. The van der Waals surface area contributed by atoms with Crippen LogP contribution in [-0.4, -0.2) is 28.7 Å². The van der Waals surface area contributed by atoms with E-state index in [2.05, 4.69) is 17.3 Å². The Bertz CT molecular complexity index is 353. The lowest BCUT2D eigenvalue weighted by Gasteiger charge is -2.21. The Balaban J connectivity index is 2.09. The van der Waals surface area contributed by atoms with E-state index in [1.165, 1.54) is 0 Å². The number of aryl methyl sites for hydroxylation is 1. The third kappa shape index (κ3) is 2.32. The second-order valence-electron chi connectivity index (χ2n) is 4.35. The minimum atomic E-state index is 0.140. The summed E-state index contributed by atoms with van der Waals surface area (Å²) in [6, 6.07) is 1.84. The standard InChI is InChI=1S/C12H19N3O/c1-2-8-15-11(5-7-14-15)12(16)10-4-3-6-13-9-10/h5,7,10,13H,2-4,6,8-9H2,1H3. The molecule has 4 nitrogen and oxygen atoms in total. The van der Waals surface area contributed by atoms with E-state index < -0.39 is 0 Å². The van der Waals surface area contributed by atoms with Crippen LogP contribution in [0.3, 0.4) is 0 Å². The molecule has 16 heavy (non-hydrogen) atoms. The number of hydrogen-bond donors (Lipinski definition) is 1. The van der Waals surface area contributed by atoms with Crippen LogP contribution in [0.5, 0.6) is 0 Å². The largest absolute Gasteiger partial charge is 0.316 e. The van der Waals surface area contributed by atoms with E-state index >= 15 is 0 Å². The van der Waals surface area contributed by atoms with E-state index in [4.69, 9.17) is 0 Å². The second-order valence-corrected chi connectivity index (χ2v) is 4.35. The number of piperidine rings is 1. The fourth-order valence-electron chi connectivity index (χ4n) is 2.22. The summed E-state index contributed by atoms with van der Waals surface area (Å²) in [7, 11) is 0. The average molecular weight is 221 g/mol. The Labute approximate surface area is 96.0 Å². The zero-order valence-electron chi connectivity index (χ0n) is 9.78. The lowest BCUT2D eigenvalue weighted by Crippen LogP contribution is -2.35. The van der Waals surface area contributed by atoms with Gasteiger partial charge in [-0.05, 0) is 31.9 Å². The molecule has 1 aliphatic heterocycles. The van der Waals surface area contributed by atoms with Crippen LogP contribution in [0.2, 0.25) is 0 Å². The predicted molar refractivity (Wildman–Crippen MR) is 62.4 cm³/mol. The topological polar surface area (TPSA) is 46.9 Å². The van der Waals surface area contributed by atoms with Gasteiger partial charge in [-0.2, -0.15) is 5.10 Å². The molecule has 4 heteroatoms. The Hall–Kier alpha value is -1.16. The van der Waals surface area contributed by atoms with Crippen LogP contribution in [0, 0.1) is 5.92 Å². The number of hydrogen-bond acceptors (Lipinski definition) is 3. The van der Waals surface area contributed by atoms with Crippen molar-refractivity contribution in [2.45, 2.75) is 32.7 Å². The van der Waals surface area contributed by atoms with Gasteiger partial charge in [-0.15, -0.1) is 0 Å². The van der Waals surface area contributed by atoms with E-state index in [0.717, 1.165) is 44.6 Å². The maximum Gasteiger partial charge on any atom is 0.185 e. The van der Waals surface area contributed by atoms with Crippen molar-refractivity contribution >= 4 is 5.78 Å². The molecule has 0 saturated carbocycles. The summed E-state index contributed by atoms with van der Waals surface area (Å²) in [5, 5.41) is 7.48. The van der Waals surface area contributed by atoms with Crippen molar-refractivity contribution in [3.05, 3.63) is 18.0 Å². The number of carbonyl (C=O) groups is 1. The van der Waals surface area contributed by atoms with Gasteiger partial charge >= 0.3 is 0 Å². The van der Waals surface area contributed by atoms with Crippen molar-refractivity contribution < 1.29 is 4.79 Å². The van der Waals surface area contributed by atoms with Crippen molar-refractivity contribution in [3.8, 4) is 0 Å². The summed E-state index contributed by atoms with van der Waals surface area (Å²) in [6.45, 7) is 4.78. The second kappa shape index (κ2) is 5.25. The van der Waals surface area contributed by atoms with Crippen LogP contribution in [0.15, 0.2) is 12.3 Å². The van der Waals surface area contributed by atoms with E-state index in [0.29, 0.717) is 0 Å². The third-order valence-electron chi connectivity index (χ3n) is 3.07. The number of ketones is 1. The normalized spacial score (nSPS) is 20.9. The zero-order chi connectivity index (χ0) is 11.4. The molecule has 0 aliphatic carbocycles. The maximum absolute atomic E-state index is 12.3. The highest BCUT2D eigenvalue weighted by Crippen LogP contribution is 2.16. The maximum atomic E-state index is 12.3. The summed E-state index contributed by atoms with van der Waals surface area (Å²) in [6.07, 6.45) is 4.82. The molecule has 1 aliphatic rings. The highest BCUT2D eigenvalue weighted by atomic mass is 16.1. The Morgan fingerprint density at radius 2 is 2.56 bits per heavy atom. The molecule has 1 N–H and O–H groups in total. The number of carbonyl (C=O) groups excluding carboxylic acids is 1. The first kappa shape index (κ1) is 11.3. The van der Waals surface area contributed by atoms with E-state index in [1.807, 2.05) is 10.7 Å². The first-order chi connectivity index (χ1) is 7.83. The molecule has 0 amide bonds. The summed E-state index contributed by atoms with van der Waals surface area (Å²) in [4.78, 5) is 12.3. The Morgan fingerprint density at radius 1 is 1.69 bits per heavy atom. The van der Waals surface area contributed by atoms with E-state index in [-0.39, 0.29) is 11.7 Å². The van der Waals surface area contributed by atoms with Crippen LogP contribution in [0.1, 0.15) is 36.7 Å². The molecule has 88 valence electrons. The van der Waals surface area contributed by atoms with Crippen molar-refractivity contribution in [1.82, 2.24) is 15.1 Å². The molecule has 0 aromatic carbocycles. The van der Waals surface area contributed by atoms with Crippen LogP contribution in [-0.2, 0) is 6.54 Å². The van der Waals surface area contributed by atoms with Crippen molar-refractivity contribution in [2.24, 2.45) is 5.92 Å². The van der Waals surface area contributed by atoms with Crippen molar-refractivity contribution in [2.75, 3.05) is 13.1 Å². The highest BCUT2D eigenvalue weighted by molar-refractivity contribution is 5.96. The van der Waals surface area contributed by atoms with Gasteiger partial charge in [-0.25, -0.2) is 0 Å². The number of nitrogens with one attached hydrogen (secondary N) is 1. The summed E-state index contributed by atoms with van der Waals surface area (Å²) in [5.74, 6) is 0.388. The molecule has 1 unspecified atom stereocenters. The molecule has 0 spiro atoms. The van der Waals surface area contributed by atoms with Gasteiger partial charge < -0.3 is 5.32 Å². The first-order valence-electron chi connectivity index (χ1n) is 6.09. The lowest BCUT2D eigenvalue weighted by atomic mass is 9.93. The Morgan fingerprint density at radius 3 is 3.25 bits per heavy atom. The molecular weight excluding hydrogens is 202 g/mol. The van der Waals surface area contributed by atoms with Gasteiger partial charge in [-0.3, -0.25) is 9.48 Å². The molecule has 0 bridgehead atoms. The molecular formula is C12H19N3O. The fraction of sp³-hybridized carbons (Fsp3) is 0.667. The third-order valence-corrected chi connectivity index (χ3v) is 3.07.